The maximum absolute atomic E-state index is 12.4. The van der Waals surface area contributed by atoms with Crippen LogP contribution < -0.4 is 10.6 Å². The van der Waals surface area contributed by atoms with E-state index in [1.807, 2.05) is 0 Å². The molecule has 3 aromatic rings. The Morgan fingerprint density at radius 1 is 1.37 bits per heavy atom. The van der Waals surface area contributed by atoms with Gasteiger partial charge in [0.2, 0.25) is 11.7 Å². The molecule has 152 valence electrons. The van der Waals surface area contributed by atoms with Gasteiger partial charge in [-0.25, -0.2) is 15.0 Å². The van der Waals surface area contributed by atoms with Crippen molar-refractivity contribution in [1.29, 1.82) is 0 Å². The molecule has 3 atom stereocenters. The number of hydrogen-bond acceptors (Lipinski definition) is 8. The van der Waals surface area contributed by atoms with Gasteiger partial charge in [-0.05, 0) is 30.4 Å². The van der Waals surface area contributed by atoms with Crippen molar-refractivity contribution in [3.8, 4) is 11.8 Å². The number of carbonyl (C=O) groups is 1. The largest absolute Gasteiger partial charge is 0.508 e. The molecule has 1 saturated carbocycles. The topological polar surface area (TPSA) is 138 Å². The second kappa shape index (κ2) is 6.33. The van der Waals surface area contributed by atoms with Crippen molar-refractivity contribution in [2.24, 2.45) is 11.3 Å². The first-order valence-corrected chi connectivity index (χ1v) is 9.33. The maximum Gasteiger partial charge on any atom is 0.229 e. The number of imidazole rings is 1. The minimum Gasteiger partial charge on any atom is -0.508 e. The Labute approximate surface area is 170 Å². The summed E-state index contributed by atoms with van der Waals surface area (Å²) in [6.07, 6.45) is 2.18. The van der Waals surface area contributed by atoms with Gasteiger partial charge < -0.3 is 25.3 Å². The molecule has 3 heterocycles. The zero-order valence-electron chi connectivity index (χ0n) is 16.2. The van der Waals surface area contributed by atoms with Crippen LogP contribution in [-0.4, -0.2) is 55.8 Å². The van der Waals surface area contributed by atoms with E-state index in [4.69, 9.17) is 4.42 Å². The smallest absolute Gasteiger partial charge is 0.229 e. The highest BCUT2D eigenvalue weighted by atomic mass is 16.3. The number of aliphatic hydroxyl groups excluding tert-OH is 2. The molecule has 0 aromatic carbocycles. The number of hydrogen-bond donors (Lipinski definition) is 4. The lowest BCUT2D eigenvalue weighted by molar-refractivity contribution is -0.129. The molecule has 3 aromatic heterocycles. The monoisotopic (exact) mass is 406 g/mol. The van der Waals surface area contributed by atoms with Gasteiger partial charge in [0.25, 0.3) is 0 Å². The van der Waals surface area contributed by atoms with Crippen LogP contribution in [0.2, 0.25) is 0 Å². The lowest BCUT2D eigenvalue weighted by Gasteiger charge is -2.16. The number of nitrogens with one attached hydrogen (secondary N) is 2. The van der Waals surface area contributed by atoms with Gasteiger partial charge in [0, 0.05) is 20.0 Å². The molecular weight excluding hydrogens is 388 g/mol. The van der Waals surface area contributed by atoms with Crippen LogP contribution in [0.4, 0.5) is 5.82 Å². The van der Waals surface area contributed by atoms with E-state index in [0.717, 1.165) is 0 Å². The van der Waals surface area contributed by atoms with E-state index in [9.17, 15) is 15.0 Å². The lowest BCUT2D eigenvalue weighted by atomic mass is 9.99. The average Bonchev–Trinajstić information content (AvgIpc) is 3.06. The van der Waals surface area contributed by atoms with Crippen LogP contribution in [0.15, 0.2) is 34.9 Å². The molecule has 2 aliphatic carbocycles. The molecule has 4 N–H and O–H groups in total. The van der Waals surface area contributed by atoms with Crippen LogP contribution in [0, 0.1) is 23.2 Å². The highest BCUT2D eigenvalue weighted by Crippen LogP contribution is 2.66. The number of fused-ring (bicyclic) bond motifs is 2. The van der Waals surface area contributed by atoms with Crippen LogP contribution in [0.25, 0.3) is 16.9 Å². The van der Waals surface area contributed by atoms with Crippen molar-refractivity contribution in [1.82, 2.24) is 24.8 Å². The number of anilines is 1. The SMILES string of the molecule is CNC(=O)C12CC1C(n1cnc3c(NC)nc(C#Cc4ccco4)nc31)=C(O)[C@@H]2O. The number of aliphatic hydroxyl groups is 2. The van der Waals surface area contributed by atoms with E-state index in [2.05, 4.69) is 37.4 Å². The minimum atomic E-state index is -1.28. The quantitative estimate of drug-likeness (QED) is 0.467. The normalized spacial score (nSPS) is 24.4. The van der Waals surface area contributed by atoms with Crippen molar-refractivity contribution < 1.29 is 19.4 Å². The van der Waals surface area contributed by atoms with Gasteiger partial charge in [0.1, 0.15) is 18.2 Å². The third-order valence-electron chi connectivity index (χ3n) is 5.70. The molecular formula is C20H18N6O4. The first-order valence-electron chi connectivity index (χ1n) is 9.33. The second-order valence-corrected chi connectivity index (χ2v) is 7.21. The number of rotatable bonds is 3. The fourth-order valence-corrected chi connectivity index (χ4v) is 4.16. The molecule has 0 bridgehead atoms. The van der Waals surface area contributed by atoms with Gasteiger partial charge in [-0.15, -0.1) is 0 Å². The standard InChI is InChI=1S/C20H18N6O4/c1-21-17-13-18(25-12(24-17)6-5-10-4-3-7-30-10)26(9-23-13)14-11-8-20(11,19(29)22-2)16(28)15(14)27/h3-4,7,9,11,16,27-28H,8H2,1-2H3,(H,22,29)(H,21,24,25)/t11?,16-,20?/m0/s1. The molecule has 0 saturated heterocycles. The Balaban J connectivity index is 1.63. The van der Waals surface area contributed by atoms with Gasteiger partial charge in [-0.2, -0.15) is 0 Å². The summed E-state index contributed by atoms with van der Waals surface area (Å²) in [6, 6.07) is 3.46. The van der Waals surface area contributed by atoms with E-state index in [1.165, 1.54) is 19.6 Å². The van der Waals surface area contributed by atoms with Crippen molar-refractivity contribution in [2.45, 2.75) is 12.5 Å². The summed E-state index contributed by atoms with van der Waals surface area (Å²) in [4.78, 5) is 25.6. The molecule has 2 aliphatic rings. The van der Waals surface area contributed by atoms with Gasteiger partial charge in [0.15, 0.2) is 22.7 Å². The Kier molecular flexibility index (Phi) is 3.84. The lowest BCUT2D eigenvalue weighted by Crippen LogP contribution is -2.37. The number of aromatic nitrogens is 4. The maximum atomic E-state index is 12.4. The summed E-state index contributed by atoms with van der Waals surface area (Å²) in [5.41, 5.74) is 0.255. The molecule has 1 fully saturated rings. The van der Waals surface area contributed by atoms with Gasteiger partial charge in [-0.1, -0.05) is 0 Å². The summed E-state index contributed by atoms with van der Waals surface area (Å²) in [6.45, 7) is 0. The summed E-state index contributed by atoms with van der Waals surface area (Å²) in [5.74, 6) is 5.99. The van der Waals surface area contributed by atoms with E-state index in [0.29, 0.717) is 34.9 Å². The van der Waals surface area contributed by atoms with Crippen LogP contribution in [0.1, 0.15) is 18.0 Å². The summed E-state index contributed by atoms with van der Waals surface area (Å²) in [5, 5.41) is 26.7. The molecule has 2 unspecified atom stereocenters. The van der Waals surface area contributed by atoms with E-state index >= 15 is 0 Å². The second-order valence-electron chi connectivity index (χ2n) is 7.21. The fraction of sp³-hybridized carbons (Fsp3) is 0.300. The van der Waals surface area contributed by atoms with Crippen molar-refractivity contribution in [3.63, 3.8) is 0 Å². The highest BCUT2D eigenvalue weighted by Gasteiger charge is 2.72. The van der Waals surface area contributed by atoms with Crippen molar-refractivity contribution in [2.75, 3.05) is 19.4 Å². The molecule has 30 heavy (non-hydrogen) atoms. The fourth-order valence-electron chi connectivity index (χ4n) is 4.16. The van der Waals surface area contributed by atoms with Crippen LogP contribution in [-0.2, 0) is 4.79 Å². The Bertz CT molecular complexity index is 1270. The summed E-state index contributed by atoms with van der Waals surface area (Å²) in [7, 11) is 3.22. The number of furan rings is 1. The van der Waals surface area contributed by atoms with Gasteiger partial charge in [-0.3, -0.25) is 9.36 Å². The summed E-state index contributed by atoms with van der Waals surface area (Å²) < 4.78 is 6.80. The predicted octanol–water partition coefficient (Wildman–Crippen LogP) is 0.714. The minimum absolute atomic E-state index is 0.233. The molecule has 0 spiro atoms. The third kappa shape index (κ3) is 2.36. The zero-order chi connectivity index (χ0) is 21.0. The Morgan fingerprint density at radius 3 is 2.90 bits per heavy atom. The van der Waals surface area contributed by atoms with Gasteiger partial charge >= 0.3 is 0 Å². The number of allylic oxidation sites excluding steroid dienone is 1. The number of amides is 1. The van der Waals surface area contributed by atoms with Crippen LogP contribution in [0.5, 0.6) is 0 Å². The highest BCUT2D eigenvalue weighted by molar-refractivity contribution is 5.94. The summed E-state index contributed by atoms with van der Waals surface area (Å²) >= 11 is 0. The molecule has 0 radical (unpaired) electrons. The Morgan fingerprint density at radius 2 is 2.20 bits per heavy atom. The number of nitrogens with zero attached hydrogens (tertiary/aromatic N) is 4. The predicted molar refractivity (Wildman–Crippen MR) is 106 cm³/mol. The first kappa shape index (κ1) is 18.2. The first-order chi connectivity index (χ1) is 14.5. The molecule has 10 heteroatoms. The zero-order valence-corrected chi connectivity index (χ0v) is 16.2. The van der Waals surface area contributed by atoms with Crippen molar-refractivity contribution >= 4 is 28.6 Å². The number of carbonyl (C=O) groups excluding carboxylic acids is 1. The van der Waals surface area contributed by atoms with Crippen LogP contribution >= 0.6 is 0 Å². The Hall–Kier alpha value is -3.84. The molecule has 1 amide bonds. The van der Waals surface area contributed by atoms with Crippen molar-refractivity contribution in [3.05, 3.63) is 42.1 Å². The van der Waals surface area contributed by atoms with Crippen LogP contribution in [0.3, 0.4) is 0 Å². The molecule has 0 aliphatic heterocycles. The van der Waals surface area contributed by atoms with E-state index in [1.54, 1.807) is 23.7 Å². The van der Waals surface area contributed by atoms with Gasteiger partial charge in [0.05, 0.1) is 17.4 Å². The third-order valence-corrected chi connectivity index (χ3v) is 5.70. The molecule has 5 rings (SSSR count). The molecule has 10 nitrogen and oxygen atoms in total. The van der Waals surface area contributed by atoms with E-state index in [-0.39, 0.29) is 23.4 Å². The average molecular weight is 406 g/mol. The van der Waals surface area contributed by atoms with E-state index < -0.39 is 11.5 Å².